The third-order valence-electron chi connectivity index (χ3n) is 3.57. The summed E-state index contributed by atoms with van der Waals surface area (Å²) in [5.74, 6) is -1.62. The van der Waals surface area contributed by atoms with Crippen molar-refractivity contribution in [3.63, 3.8) is 0 Å². The van der Waals surface area contributed by atoms with Crippen molar-refractivity contribution in [2.75, 3.05) is 5.33 Å². The van der Waals surface area contributed by atoms with Crippen LogP contribution in [0.25, 0.3) is 0 Å². The van der Waals surface area contributed by atoms with Gasteiger partial charge in [0.1, 0.15) is 18.2 Å². The summed E-state index contributed by atoms with van der Waals surface area (Å²) in [7, 11) is 0. The fraction of sp³-hybridized carbons (Fsp3) is 0.500. The number of hydrogen-bond donors (Lipinski definition) is 2. The summed E-state index contributed by atoms with van der Waals surface area (Å²) < 4.78 is 10.3. The molecule has 0 heterocycles. The summed E-state index contributed by atoms with van der Waals surface area (Å²) in [6.45, 7) is 6.63. The Morgan fingerprint density at radius 3 is 2.24 bits per heavy atom. The van der Waals surface area contributed by atoms with E-state index in [0.717, 1.165) is 5.56 Å². The minimum atomic E-state index is -1.07. The van der Waals surface area contributed by atoms with Gasteiger partial charge in [-0.1, -0.05) is 46.3 Å². The molecule has 9 heteroatoms. The van der Waals surface area contributed by atoms with Crippen molar-refractivity contribution in [1.29, 1.82) is 0 Å². The van der Waals surface area contributed by atoms with Gasteiger partial charge in [0.25, 0.3) is 0 Å². The molecule has 29 heavy (non-hydrogen) atoms. The molecule has 0 bridgehead atoms. The molecule has 2 N–H and O–H groups in total. The number of halogens is 1. The van der Waals surface area contributed by atoms with Gasteiger partial charge < -0.3 is 20.1 Å². The van der Waals surface area contributed by atoms with E-state index in [4.69, 9.17) is 9.47 Å². The zero-order chi connectivity index (χ0) is 22.0. The molecule has 0 saturated carbocycles. The third kappa shape index (κ3) is 10.1. The van der Waals surface area contributed by atoms with Crippen molar-refractivity contribution >= 4 is 39.7 Å². The molecule has 0 aliphatic heterocycles. The molecule has 8 nitrogen and oxygen atoms in total. The summed E-state index contributed by atoms with van der Waals surface area (Å²) in [6.07, 6.45) is -1.08. The molecule has 2 amide bonds. The smallest absolute Gasteiger partial charge is 0.408 e. The minimum absolute atomic E-state index is 0.0400. The Bertz CT molecular complexity index is 717. The number of rotatable bonds is 9. The average molecular weight is 471 g/mol. The van der Waals surface area contributed by atoms with E-state index in [9.17, 15) is 19.2 Å². The lowest BCUT2D eigenvalue weighted by Gasteiger charge is -2.23. The number of alkyl carbamates (subject to hydrolysis) is 1. The highest BCUT2D eigenvalue weighted by atomic mass is 79.9. The first-order valence-electron chi connectivity index (χ1n) is 9.10. The number of amides is 2. The second-order valence-electron chi connectivity index (χ2n) is 7.38. The summed E-state index contributed by atoms with van der Waals surface area (Å²) in [5, 5.41) is 4.83. The first-order valence-corrected chi connectivity index (χ1v) is 10.2. The fourth-order valence-corrected chi connectivity index (χ4v) is 2.58. The molecule has 0 spiro atoms. The Balaban J connectivity index is 2.57. The van der Waals surface area contributed by atoms with Crippen LogP contribution in [0.15, 0.2) is 30.3 Å². The number of alkyl halides is 1. The predicted molar refractivity (Wildman–Crippen MR) is 110 cm³/mol. The molecule has 0 saturated heterocycles. The Morgan fingerprint density at radius 1 is 1.07 bits per heavy atom. The number of ketones is 1. The number of hydrogen-bond acceptors (Lipinski definition) is 6. The van der Waals surface area contributed by atoms with Gasteiger partial charge in [-0.3, -0.25) is 14.4 Å². The van der Waals surface area contributed by atoms with Crippen LogP contribution in [-0.2, 0) is 30.5 Å². The van der Waals surface area contributed by atoms with Gasteiger partial charge in [-0.05, 0) is 33.3 Å². The molecule has 0 aliphatic carbocycles. The molecule has 0 aliphatic rings. The Hall–Kier alpha value is -2.42. The van der Waals surface area contributed by atoms with Crippen LogP contribution in [0.3, 0.4) is 0 Å². The molecule has 2 atom stereocenters. The molecule has 1 rings (SSSR count). The van der Waals surface area contributed by atoms with E-state index in [1.54, 1.807) is 32.9 Å². The minimum Gasteiger partial charge on any atom is -0.460 e. The lowest BCUT2D eigenvalue weighted by Crippen LogP contribution is -2.51. The van der Waals surface area contributed by atoms with Crippen molar-refractivity contribution in [2.45, 2.75) is 58.4 Å². The second kappa shape index (κ2) is 11.5. The second-order valence-corrected chi connectivity index (χ2v) is 7.94. The number of esters is 1. The van der Waals surface area contributed by atoms with E-state index < -0.39 is 35.7 Å². The molecule has 0 radical (unpaired) electrons. The van der Waals surface area contributed by atoms with Crippen LogP contribution in [-0.4, -0.2) is 46.8 Å². The standard InChI is InChI=1S/C20H27BrN2O6/c1-13(22-19(27)28-12-14-8-6-5-7-9-14)18(26)23-15(16(24)11-21)10-17(25)29-20(2,3)4/h5-9,13,15H,10-12H2,1-4H3,(H,22,27)(H,23,26). The van der Waals surface area contributed by atoms with Gasteiger partial charge in [-0.25, -0.2) is 4.79 Å². The monoisotopic (exact) mass is 470 g/mol. The van der Waals surface area contributed by atoms with Gasteiger partial charge in [0, 0.05) is 0 Å². The number of Topliss-reactive ketones (excluding diaryl/α,β-unsaturated/α-hetero) is 1. The molecular formula is C20H27BrN2O6. The highest BCUT2D eigenvalue weighted by Crippen LogP contribution is 2.10. The van der Waals surface area contributed by atoms with Crippen LogP contribution in [0.2, 0.25) is 0 Å². The Labute approximate surface area is 178 Å². The van der Waals surface area contributed by atoms with E-state index >= 15 is 0 Å². The van der Waals surface area contributed by atoms with Gasteiger partial charge in [0.2, 0.25) is 5.91 Å². The van der Waals surface area contributed by atoms with Crippen molar-refractivity contribution < 1.29 is 28.7 Å². The Kier molecular flexibility index (Phi) is 9.80. The largest absolute Gasteiger partial charge is 0.460 e. The highest BCUT2D eigenvalue weighted by molar-refractivity contribution is 9.09. The van der Waals surface area contributed by atoms with Crippen LogP contribution in [0, 0.1) is 0 Å². The maximum atomic E-state index is 12.3. The van der Waals surface area contributed by atoms with Crippen LogP contribution < -0.4 is 10.6 Å². The van der Waals surface area contributed by atoms with Gasteiger partial charge in [0.15, 0.2) is 5.78 Å². The Morgan fingerprint density at radius 2 is 1.69 bits per heavy atom. The van der Waals surface area contributed by atoms with Gasteiger partial charge in [0.05, 0.1) is 17.8 Å². The molecular weight excluding hydrogens is 444 g/mol. The number of carbonyl (C=O) groups is 4. The molecule has 0 aromatic heterocycles. The summed E-state index contributed by atoms with van der Waals surface area (Å²) >= 11 is 3.03. The predicted octanol–water partition coefficient (Wildman–Crippen LogP) is 2.48. The first kappa shape index (κ1) is 24.6. The molecule has 1 aromatic rings. The zero-order valence-electron chi connectivity index (χ0n) is 17.0. The summed E-state index contributed by atoms with van der Waals surface area (Å²) in [5.41, 5.74) is 0.0978. The van der Waals surface area contributed by atoms with E-state index in [2.05, 4.69) is 26.6 Å². The first-order chi connectivity index (χ1) is 13.5. The quantitative estimate of drug-likeness (QED) is 0.423. The average Bonchev–Trinajstić information content (AvgIpc) is 2.64. The molecule has 0 fully saturated rings. The number of nitrogens with one attached hydrogen (secondary N) is 2. The van der Waals surface area contributed by atoms with E-state index in [1.165, 1.54) is 6.92 Å². The van der Waals surface area contributed by atoms with Crippen molar-refractivity contribution in [2.24, 2.45) is 0 Å². The maximum Gasteiger partial charge on any atom is 0.408 e. The van der Waals surface area contributed by atoms with Crippen molar-refractivity contribution in [3.05, 3.63) is 35.9 Å². The van der Waals surface area contributed by atoms with E-state index in [0.29, 0.717) is 0 Å². The number of carbonyl (C=O) groups excluding carboxylic acids is 4. The lowest BCUT2D eigenvalue weighted by atomic mass is 10.1. The van der Waals surface area contributed by atoms with Gasteiger partial charge in [-0.15, -0.1) is 0 Å². The van der Waals surface area contributed by atoms with Crippen molar-refractivity contribution in [1.82, 2.24) is 10.6 Å². The van der Waals surface area contributed by atoms with E-state index in [-0.39, 0.29) is 24.1 Å². The van der Waals surface area contributed by atoms with Gasteiger partial charge in [-0.2, -0.15) is 0 Å². The van der Waals surface area contributed by atoms with Crippen LogP contribution in [0.4, 0.5) is 4.79 Å². The number of ether oxygens (including phenoxy) is 2. The fourth-order valence-electron chi connectivity index (χ4n) is 2.19. The maximum absolute atomic E-state index is 12.3. The van der Waals surface area contributed by atoms with Crippen LogP contribution in [0.5, 0.6) is 0 Å². The SMILES string of the molecule is CC(NC(=O)OCc1ccccc1)C(=O)NC(CC(=O)OC(C)(C)C)C(=O)CBr. The van der Waals surface area contributed by atoms with Crippen LogP contribution in [0.1, 0.15) is 39.7 Å². The van der Waals surface area contributed by atoms with Crippen molar-refractivity contribution in [3.8, 4) is 0 Å². The molecule has 2 unspecified atom stereocenters. The molecule has 160 valence electrons. The zero-order valence-corrected chi connectivity index (χ0v) is 18.6. The summed E-state index contributed by atoms with van der Waals surface area (Å²) in [4.78, 5) is 48.3. The topological polar surface area (TPSA) is 111 Å². The molecule has 1 aromatic carbocycles. The third-order valence-corrected chi connectivity index (χ3v) is 4.12. The summed E-state index contributed by atoms with van der Waals surface area (Å²) in [6, 6.07) is 7.05. The highest BCUT2D eigenvalue weighted by Gasteiger charge is 2.28. The normalized spacial score (nSPS) is 13.0. The van der Waals surface area contributed by atoms with Gasteiger partial charge >= 0.3 is 12.1 Å². The number of benzene rings is 1. The van der Waals surface area contributed by atoms with Crippen LogP contribution >= 0.6 is 15.9 Å². The lowest BCUT2D eigenvalue weighted by molar-refractivity contribution is -0.156. The van der Waals surface area contributed by atoms with E-state index in [1.807, 2.05) is 18.2 Å².